The number of Topliss-reactive ketones (excluding diaryl/α,β-unsaturated/α-hetero) is 1. The predicted molar refractivity (Wildman–Crippen MR) is 116 cm³/mol. The van der Waals surface area contributed by atoms with Crippen LogP contribution in [0.25, 0.3) is 16.6 Å². The number of hydrogen-bond acceptors (Lipinski definition) is 4. The highest BCUT2D eigenvalue weighted by atomic mass is 35.5. The average molecular weight is 421 g/mol. The highest BCUT2D eigenvalue weighted by Crippen LogP contribution is 2.19. The van der Waals surface area contributed by atoms with E-state index in [0.717, 1.165) is 10.1 Å². The van der Waals surface area contributed by atoms with Crippen LogP contribution in [0.1, 0.15) is 15.9 Å². The van der Waals surface area contributed by atoms with Crippen molar-refractivity contribution in [1.29, 1.82) is 0 Å². The molecule has 1 N–H and O–H groups in total. The van der Waals surface area contributed by atoms with E-state index in [1.54, 1.807) is 72.8 Å². The van der Waals surface area contributed by atoms with Gasteiger partial charge in [0.25, 0.3) is 5.56 Å². The summed E-state index contributed by atoms with van der Waals surface area (Å²) in [5, 5.41) is 9.69. The number of aliphatic hydroxyl groups is 1. The molecule has 6 nitrogen and oxygen atoms in total. The lowest BCUT2D eigenvalue weighted by Gasteiger charge is -2.15. The lowest BCUT2D eigenvalue weighted by molar-refractivity contribution is 0.0903. The highest BCUT2D eigenvalue weighted by molar-refractivity contribution is 6.32. The minimum absolute atomic E-state index is 0.192. The second-order valence-corrected chi connectivity index (χ2v) is 7.16. The molecule has 0 aliphatic heterocycles. The van der Waals surface area contributed by atoms with Crippen molar-refractivity contribution in [3.05, 3.63) is 110 Å². The minimum Gasteiger partial charge on any atom is -0.388 e. The van der Waals surface area contributed by atoms with Crippen LogP contribution in [0, 0.1) is 0 Å². The molecule has 0 saturated heterocycles. The SMILES string of the molecule is O=C(CO)c1ccc(Cn2c(=O)n(-c3ccccc3Cl)c(=O)c3ccccc32)cc1. The van der Waals surface area contributed by atoms with Gasteiger partial charge in [0.2, 0.25) is 0 Å². The zero-order valence-electron chi connectivity index (χ0n) is 15.8. The standard InChI is InChI=1S/C23H17ClN2O4/c24-18-6-2-4-8-20(18)26-22(29)17-5-1-3-7-19(17)25(23(26)30)13-15-9-11-16(12-10-15)21(28)14-27/h1-12,27H,13-14H2. The van der Waals surface area contributed by atoms with Crippen LogP contribution in [0.3, 0.4) is 0 Å². The summed E-state index contributed by atoms with van der Waals surface area (Å²) in [5.41, 5.74) is 1.02. The molecule has 4 rings (SSSR count). The average Bonchev–Trinajstić information content (AvgIpc) is 2.78. The van der Waals surface area contributed by atoms with Crippen molar-refractivity contribution in [3.8, 4) is 5.69 Å². The monoisotopic (exact) mass is 420 g/mol. The number of carbonyl (C=O) groups excluding carboxylic acids is 1. The molecule has 7 heteroatoms. The van der Waals surface area contributed by atoms with Gasteiger partial charge in [-0.05, 0) is 29.8 Å². The van der Waals surface area contributed by atoms with Crippen LogP contribution in [0.15, 0.2) is 82.4 Å². The molecule has 0 radical (unpaired) electrons. The third-order valence-corrected chi connectivity index (χ3v) is 5.22. The molecule has 4 aromatic rings. The lowest BCUT2D eigenvalue weighted by Crippen LogP contribution is -2.39. The Bertz CT molecular complexity index is 1370. The maximum atomic E-state index is 13.4. The Morgan fingerprint density at radius 3 is 2.27 bits per heavy atom. The second-order valence-electron chi connectivity index (χ2n) is 6.76. The predicted octanol–water partition coefficient (Wildman–Crippen LogP) is 3.03. The Morgan fingerprint density at radius 2 is 1.57 bits per heavy atom. The third-order valence-electron chi connectivity index (χ3n) is 4.90. The van der Waals surface area contributed by atoms with Crippen molar-refractivity contribution >= 4 is 28.3 Å². The molecule has 150 valence electrons. The van der Waals surface area contributed by atoms with Crippen molar-refractivity contribution < 1.29 is 9.90 Å². The first-order chi connectivity index (χ1) is 14.5. The number of aromatic nitrogens is 2. The quantitative estimate of drug-likeness (QED) is 0.503. The van der Waals surface area contributed by atoms with Crippen LogP contribution in [0.5, 0.6) is 0 Å². The van der Waals surface area contributed by atoms with Crippen LogP contribution >= 0.6 is 11.6 Å². The van der Waals surface area contributed by atoms with Gasteiger partial charge in [-0.15, -0.1) is 0 Å². The van der Waals surface area contributed by atoms with Gasteiger partial charge >= 0.3 is 5.69 Å². The summed E-state index contributed by atoms with van der Waals surface area (Å²) in [5.74, 6) is -0.378. The number of carbonyl (C=O) groups is 1. The number of nitrogens with zero attached hydrogens (tertiary/aromatic N) is 2. The van der Waals surface area contributed by atoms with E-state index >= 15 is 0 Å². The van der Waals surface area contributed by atoms with Gasteiger partial charge in [-0.1, -0.05) is 60.1 Å². The molecular formula is C23H17ClN2O4. The highest BCUT2D eigenvalue weighted by Gasteiger charge is 2.16. The smallest absolute Gasteiger partial charge is 0.336 e. The van der Waals surface area contributed by atoms with Gasteiger partial charge in [-0.25, -0.2) is 9.36 Å². The second kappa shape index (κ2) is 8.10. The Morgan fingerprint density at radius 1 is 0.900 bits per heavy atom. The molecule has 0 aliphatic rings. The molecule has 0 atom stereocenters. The van der Waals surface area contributed by atoms with Crippen molar-refractivity contribution in [3.63, 3.8) is 0 Å². The minimum atomic E-state index is -0.563. The largest absolute Gasteiger partial charge is 0.388 e. The molecule has 0 bridgehead atoms. The maximum absolute atomic E-state index is 13.4. The zero-order chi connectivity index (χ0) is 21.3. The van der Waals surface area contributed by atoms with E-state index < -0.39 is 17.9 Å². The molecule has 0 unspecified atom stereocenters. The number of halogens is 1. The van der Waals surface area contributed by atoms with E-state index in [2.05, 4.69) is 0 Å². The topological polar surface area (TPSA) is 81.3 Å². The summed E-state index contributed by atoms with van der Waals surface area (Å²) < 4.78 is 2.58. The first-order valence-corrected chi connectivity index (χ1v) is 9.61. The number of hydrogen-bond donors (Lipinski definition) is 1. The van der Waals surface area contributed by atoms with E-state index in [0.29, 0.717) is 27.2 Å². The Kier molecular flexibility index (Phi) is 5.35. The van der Waals surface area contributed by atoms with E-state index in [9.17, 15) is 14.4 Å². The van der Waals surface area contributed by atoms with E-state index in [1.807, 2.05) is 0 Å². The summed E-state index contributed by atoms with van der Waals surface area (Å²) in [6.45, 7) is -0.371. The number of fused-ring (bicyclic) bond motifs is 1. The van der Waals surface area contributed by atoms with E-state index in [1.165, 1.54) is 4.57 Å². The van der Waals surface area contributed by atoms with Crippen molar-refractivity contribution in [2.75, 3.05) is 6.61 Å². The molecule has 0 spiro atoms. The number of ketones is 1. The molecule has 1 heterocycles. The number of aliphatic hydroxyl groups excluding tert-OH is 1. The summed E-state index contributed by atoms with van der Waals surface area (Å²) in [7, 11) is 0. The first kappa shape index (κ1) is 19.8. The summed E-state index contributed by atoms with van der Waals surface area (Å²) >= 11 is 6.27. The van der Waals surface area contributed by atoms with Gasteiger partial charge in [0.1, 0.15) is 6.61 Å². The fourth-order valence-corrected chi connectivity index (χ4v) is 3.61. The van der Waals surface area contributed by atoms with Crippen LogP contribution in [0.4, 0.5) is 0 Å². The summed E-state index contributed by atoms with van der Waals surface area (Å²) in [6, 6.07) is 20.2. The Labute approximate surface area is 176 Å². The molecular weight excluding hydrogens is 404 g/mol. The third kappa shape index (κ3) is 3.47. The fraction of sp³-hybridized carbons (Fsp3) is 0.0870. The van der Waals surface area contributed by atoms with Crippen molar-refractivity contribution in [2.45, 2.75) is 6.54 Å². The van der Waals surface area contributed by atoms with Gasteiger partial charge in [-0.3, -0.25) is 14.2 Å². The number of rotatable bonds is 5. The normalized spacial score (nSPS) is 11.0. The molecule has 0 fully saturated rings. The van der Waals surface area contributed by atoms with Crippen molar-refractivity contribution in [2.24, 2.45) is 0 Å². The van der Waals surface area contributed by atoms with Crippen LogP contribution in [-0.4, -0.2) is 26.6 Å². The number of para-hydroxylation sites is 2. The number of benzene rings is 3. The lowest BCUT2D eigenvalue weighted by atomic mass is 10.1. The summed E-state index contributed by atoms with van der Waals surface area (Å²) in [4.78, 5) is 38.1. The van der Waals surface area contributed by atoms with Gasteiger partial charge in [0.15, 0.2) is 5.78 Å². The Hall–Kier alpha value is -3.48. The molecule has 3 aromatic carbocycles. The molecule has 30 heavy (non-hydrogen) atoms. The zero-order valence-corrected chi connectivity index (χ0v) is 16.5. The van der Waals surface area contributed by atoms with Gasteiger partial charge in [0, 0.05) is 5.56 Å². The van der Waals surface area contributed by atoms with Crippen LogP contribution in [-0.2, 0) is 6.54 Å². The van der Waals surface area contributed by atoms with E-state index in [4.69, 9.17) is 16.7 Å². The van der Waals surface area contributed by atoms with E-state index in [-0.39, 0.29) is 12.3 Å². The van der Waals surface area contributed by atoms with Gasteiger partial charge in [0.05, 0.1) is 28.2 Å². The first-order valence-electron chi connectivity index (χ1n) is 9.24. The fourth-order valence-electron chi connectivity index (χ4n) is 3.39. The van der Waals surface area contributed by atoms with Crippen LogP contribution in [0.2, 0.25) is 5.02 Å². The Balaban J connectivity index is 1.92. The van der Waals surface area contributed by atoms with Gasteiger partial charge < -0.3 is 5.11 Å². The molecule has 1 aromatic heterocycles. The maximum Gasteiger partial charge on any atom is 0.336 e. The van der Waals surface area contributed by atoms with Crippen LogP contribution < -0.4 is 11.2 Å². The molecule has 0 aliphatic carbocycles. The summed E-state index contributed by atoms with van der Waals surface area (Å²) in [6.07, 6.45) is 0. The van der Waals surface area contributed by atoms with Gasteiger partial charge in [-0.2, -0.15) is 0 Å². The van der Waals surface area contributed by atoms with Crippen molar-refractivity contribution in [1.82, 2.24) is 9.13 Å². The molecule has 0 amide bonds. The molecule has 0 saturated carbocycles.